The van der Waals surface area contributed by atoms with Crippen molar-refractivity contribution >= 4 is 0 Å². The minimum Gasteiger partial charge on any atom is -0.361 e. The average molecular weight is 190 g/mol. The Morgan fingerprint density at radius 1 is 1.62 bits per heavy atom. The smallest absolute Gasteiger partial charge is 0.253 e. The fourth-order valence-electron chi connectivity index (χ4n) is 0.856. The third-order valence-electron chi connectivity index (χ3n) is 1.66. The highest BCUT2D eigenvalue weighted by atomic mass is 19.3. The lowest BCUT2D eigenvalue weighted by molar-refractivity contribution is 0.105. The van der Waals surface area contributed by atoms with E-state index in [1.807, 2.05) is 0 Å². The SMILES string of the molecule is Cc1cc(CNC(C)C(F)F)no1. The maximum Gasteiger partial charge on any atom is 0.253 e. The minimum absolute atomic E-state index is 0.308. The van der Waals surface area contributed by atoms with Gasteiger partial charge in [-0.05, 0) is 13.8 Å². The molecular formula is C8H12F2N2O. The van der Waals surface area contributed by atoms with Crippen LogP contribution >= 0.6 is 0 Å². The zero-order valence-electron chi connectivity index (χ0n) is 7.55. The second-order valence-electron chi connectivity index (χ2n) is 2.93. The van der Waals surface area contributed by atoms with E-state index in [1.54, 1.807) is 13.0 Å². The quantitative estimate of drug-likeness (QED) is 0.785. The van der Waals surface area contributed by atoms with Crippen molar-refractivity contribution in [1.82, 2.24) is 10.5 Å². The highest BCUT2D eigenvalue weighted by Crippen LogP contribution is 2.03. The van der Waals surface area contributed by atoms with E-state index >= 15 is 0 Å². The molecule has 0 spiro atoms. The number of alkyl halides is 2. The Bertz CT molecular complexity index is 262. The van der Waals surface area contributed by atoms with Crippen LogP contribution in [0.1, 0.15) is 18.4 Å². The molecule has 0 fully saturated rings. The van der Waals surface area contributed by atoms with E-state index in [4.69, 9.17) is 4.52 Å². The molecule has 1 rings (SSSR count). The zero-order valence-corrected chi connectivity index (χ0v) is 7.55. The van der Waals surface area contributed by atoms with E-state index in [-0.39, 0.29) is 0 Å². The summed E-state index contributed by atoms with van der Waals surface area (Å²) in [7, 11) is 0. The molecule has 74 valence electrons. The van der Waals surface area contributed by atoms with Crippen LogP contribution in [0.4, 0.5) is 8.78 Å². The maximum atomic E-state index is 12.0. The third-order valence-corrected chi connectivity index (χ3v) is 1.66. The largest absolute Gasteiger partial charge is 0.361 e. The van der Waals surface area contributed by atoms with Crippen LogP contribution in [-0.2, 0) is 6.54 Å². The number of nitrogens with zero attached hydrogens (tertiary/aromatic N) is 1. The summed E-state index contributed by atoms with van der Waals surface area (Å²) in [5, 5.41) is 6.30. The van der Waals surface area contributed by atoms with Crippen molar-refractivity contribution in [1.29, 1.82) is 0 Å². The van der Waals surface area contributed by atoms with Crippen LogP contribution in [-0.4, -0.2) is 17.6 Å². The topological polar surface area (TPSA) is 38.1 Å². The van der Waals surface area contributed by atoms with Crippen molar-refractivity contribution in [3.63, 3.8) is 0 Å². The molecular weight excluding hydrogens is 178 g/mol. The summed E-state index contributed by atoms with van der Waals surface area (Å²) in [5.74, 6) is 0.682. The maximum absolute atomic E-state index is 12.0. The molecule has 5 heteroatoms. The van der Waals surface area contributed by atoms with Gasteiger partial charge in [-0.1, -0.05) is 5.16 Å². The molecule has 1 aromatic heterocycles. The Hall–Kier alpha value is -0.970. The van der Waals surface area contributed by atoms with Crippen LogP contribution in [0, 0.1) is 6.92 Å². The van der Waals surface area contributed by atoms with Crippen molar-refractivity contribution in [2.24, 2.45) is 0 Å². The van der Waals surface area contributed by atoms with Gasteiger partial charge in [0.2, 0.25) is 0 Å². The number of hydrogen-bond donors (Lipinski definition) is 1. The molecule has 0 bridgehead atoms. The van der Waals surface area contributed by atoms with Crippen LogP contribution in [0.3, 0.4) is 0 Å². The number of hydrogen-bond acceptors (Lipinski definition) is 3. The molecule has 3 nitrogen and oxygen atoms in total. The van der Waals surface area contributed by atoms with Gasteiger partial charge in [0, 0.05) is 12.6 Å². The molecule has 0 radical (unpaired) electrons. The molecule has 1 unspecified atom stereocenters. The zero-order chi connectivity index (χ0) is 9.84. The predicted molar refractivity (Wildman–Crippen MR) is 43.5 cm³/mol. The molecule has 13 heavy (non-hydrogen) atoms. The van der Waals surface area contributed by atoms with Gasteiger partial charge in [-0.2, -0.15) is 0 Å². The van der Waals surface area contributed by atoms with Crippen molar-refractivity contribution in [2.45, 2.75) is 32.9 Å². The van der Waals surface area contributed by atoms with Gasteiger partial charge in [0.05, 0.1) is 11.7 Å². The fourth-order valence-corrected chi connectivity index (χ4v) is 0.856. The van der Waals surface area contributed by atoms with E-state index in [1.165, 1.54) is 6.92 Å². The van der Waals surface area contributed by atoms with Crippen LogP contribution in [0.25, 0.3) is 0 Å². The Morgan fingerprint density at radius 3 is 2.77 bits per heavy atom. The van der Waals surface area contributed by atoms with E-state index in [0.29, 0.717) is 18.0 Å². The number of aryl methyl sites for hydroxylation is 1. The number of rotatable bonds is 4. The molecule has 0 aliphatic heterocycles. The summed E-state index contributed by atoms with van der Waals surface area (Å²) >= 11 is 0. The highest BCUT2D eigenvalue weighted by Gasteiger charge is 2.13. The highest BCUT2D eigenvalue weighted by molar-refractivity contribution is 5.03. The molecule has 1 aromatic rings. The monoisotopic (exact) mass is 190 g/mol. The van der Waals surface area contributed by atoms with Gasteiger partial charge in [0.1, 0.15) is 5.76 Å². The minimum atomic E-state index is -2.35. The lowest BCUT2D eigenvalue weighted by Crippen LogP contribution is -2.32. The summed E-state index contributed by atoms with van der Waals surface area (Å²) in [6.45, 7) is 3.49. The molecule has 0 amide bonds. The lowest BCUT2D eigenvalue weighted by atomic mass is 10.3. The van der Waals surface area contributed by atoms with Crippen LogP contribution in [0.15, 0.2) is 10.6 Å². The van der Waals surface area contributed by atoms with Gasteiger partial charge in [0.15, 0.2) is 0 Å². The average Bonchev–Trinajstić information content (AvgIpc) is 2.47. The first-order valence-electron chi connectivity index (χ1n) is 4.03. The molecule has 0 saturated carbocycles. The Labute approximate surface area is 75.1 Å². The summed E-state index contributed by atoms with van der Waals surface area (Å²) in [5.41, 5.74) is 0.644. The molecule has 0 aromatic carbocycles. The molecule has 1 atom stereocenters. The molecule has 0 saturated heterocycles. The van der Waals surface area contributed by atoms with Gasteiger partial charge < -0.3 is 9.84 Å². The van der Waals surface area contributed by atoms with Crippen LogP contribution < -0.4 is 5.32 Å². The van der Waals surface area contributed by atoms with Crippen molar-refractivity contribution in [3.8, 4) is 0 Å². The van der Waals surface area contributed by atoms with E-state index in [0.717, 1.165) is 0 Å². The Kier molecular flexibility index (Phi) is 3.36. The van der Waals surface area contributed by atoms with Crippen LogP contribution in [0.2, 0.25) is 0 Å². The molecule has 0 aliphatic carbocycles. The molecule has 0 aliphatic rings. The first kappa shape index (κ1) is 10.1. The summed E-state index contributed by atoms with van der Waals surface area (Å²) in [6, 6.07) is 0.891. The van der Waals surface area contributed by atoms with Gasteiger partial charge >= 0.3 is 0 Å². The number of nitrogens with one attached hydrogen (secondary N) is 1. The van der Waals surface area contributed by atoms with Crippen LogP contribution in [0.5, 0.6) is 0 Å². The first-order valence-corrected chi connectivity index (χ1v) is 4.03. The summed E-state index contributed by atoms with van der Waals surface area (Å²) in [4.78, 5) is 0. The lowest BCUT2D eigenvalue weighted by Gasteiger charge is -2.10. The van der Waals surface area contributed by atoms with Gasteiger partial charge in [-0.25, -0.2) is 8.78 Å². The fraction of sp³-hybridized carbons (Fsp3) is 0.625. The predicted octanol–water partition coefficient (Wildman–Crippen LogP) is 1.73. The molecule has 1 N–H and O–H groups in total. The summed E-state index contributed by atoms with van der Waals surface area (Å²) < 4.78 is 28.8. The van der Waals surface area contributed by atoms with E-state index in [2.05, 4.69) is 10.5 Å². The normalized spacial score (nSPS) is 13.6. The van der Waals surface area contributed by atoms with E-state index < -0.39 is 12.5 Å². The second-order valence-corrected chi connectivity index (χ2v) is 2.93. The van der Waals surface area contributed by atoms with E-state index in [9.17, 15) is 8.78 Å². The molecule has 1 heterocycles. The number of aromatic nitrogens is 1. The number of halogens is 2. The van der Waals surface area contributed by atoms with Gasteiger partial charge in [0.25, 0.3) is 6.43 Å². The van der Waals surface area contributed by atoms with Gasteiger partial charge in [-0.15, -0.1) is 0 Å². The first-order chi connectivity index (χ1) is 6.09. The third kappa shape index (κ3) is 3.10. The van der Waals surface area contributed by atoms with Crippen molar-refractivity contribution < 1.29 is 13.3 Å². The Balaban J connectivity index is 2.35. The second kappa shape index (κ2) is 4.32. The standard InChI is InChI=1S/C8H12F2N2O/c1-5-3-7(12-13-5)4-11-6(2)8(9)10/h3,6,8,11H,4H2,1-2H3. The van der Waals surface area contributed by atoms with Crippen molar-refractivity contribution in [3.05, 3.63) is 17.5 Å². The van der Waals surface area contributed by atoms with Gasteiger partial charge in [-0.3, -0.25) is 0 Å². The summed E-state index contributed by atoms with van der Waals surface area (Å²) in [6.07, 6.45) is -2.35. The van der Waals surface area contributed by atoms with Crippen molar-refractivity contribution in [2.75, 3.05) is 0 Å². The Morgan fingerprint density at radius 2 is 2.31 bits per heavy atom.